The maximum Gasteiger partial charge on any atom is 0.315 e. The minimum absolute atomic E-state index is 0.0570. The number of thioether (sulfide) groups is 1. The third-order valence-corrected chi connectivity index (χ3v) is 8.08. The topological polar surface area (TPSA) is 214 Å². The van der Waals surface area contributed by atoms with Gasteiger partial charge in [-0.05, 0) is 12.8 Å². The Bertz CT molecular complexity index is 1050. The zero-order chi connectivity index (χ0) is 27.4. The maximum absolute atomic E-state index is 12.4. The van der Waals surface area contributed by atoms with E-state index < -0.39 is 41.5 Å². The molecule has 16 heteroatoms. The maximum atomic E-state index is 12.4. The highest BCUT2D eigenvalue weighted by atomic mass is 32.2. The van der Waals surface area contributed by atoms with E-state index in [1.165, 1.54) is 19.1 Å². The number of ether oxygens (including phenoxy) is 2. The molecule has 4 heterocycles. The van der Waals surface area contributed by atoms with Crippen molar-refractivity contribution in [2.75, 3.05) is 12.3 Å². The van der Waals surface area contributed by atoms with E-state index in [9.17, 15) is 34.7 Å². The Hall–Kier alpha value is -3.21. The lowest BCUT2D eigenvalue weighted by molar-refractivity contribution is -0.385. The van der Waals surface area contributed by atoms with Gasteiger partial charge in [0, 0.05) is 43.0 Å². The van der Waals surface area contributed by atoms with Crippen molar-refractivity contribution in [1.82, 2.24) is 26.3 Å². The summed E-state index contributed by atoms with van der Waals surface area (Å²) in [5.74, 6) is -0.0242. The number of aromatic nitrogens is 1. The number of aliphatic hydroxyl groups is 2. The zero-order valence-electron chi connectivity index (χ0n) is 20.4. The standard InChI is InChI=1S/C22H30N6O9S/c1-10(29)25-18-20(32)19(31)13(36-21(18)37-16-6-5-11(7-24-16)28(34)35)8-23-15(30)4-2-3-14-17-12(9-38-14)26-22(33)27-17/h5-7,12-14,17-21,31-32H,2-4,8-9H2,1H3,(H,23,30)(H,25,29)(H2,26,27,33)/t12-,13?,14-,17-,18?,19+,20+,21-/m0/s1. The van der Waals surface area contributed by atoms with Crippen molar-refractivity contribution in [3.8, 4) is 5.88 Å². The van der Waals surface area contributed by atoms with E-state index >= 15 is 0 Å². The van der Waals surface area contributed by atoms with Gasteiger partial charge in [0.25, 0.3) is 5.69 Å². The average Bonchev–Trinajstić information content (AvgIpc) is 3.42. The van der Waals surface area contributed by atoms with Crippen LogP contribution in [0.5, 0.6) is 5.88 Å². The number of nitrogens with one attached hydrogen (secondary N) is 4. The van der Waals surface area contributed by atoms with Crippen LogP contribution < -0.4 is 26.0 Å². The first kappa shape index (κ1) is 27.8. The summed E-state index contributed by atoms with van der Waals surface area (Å²) in [4.78, 5) is 49.7. The van der Waals surface area contributed by atoms with Crippen LogP contribution in [0.4, 0.5) is 10.5 Å². The molecule has 3 fully saturated rings. The lowest BCUT2D eigenvalue weighted by Crippen LogP contribution is -2.66. The summed E-state index contributed by atoms with van der Waals surface area (Å²) >= 11 is 1.76. The van der Waals surface area contributed by atoms with Gasteiger partial charge in [-0.25, -0.2) is 9.78 Å². The Morgan fingerprint density at radius 2 is 2.11 bits per heavy atom. The second-order valence-corrected chi connectivity index (χ2v) is 10.6. The number of fused-ring (bicyclic) bond motifs is 1. The number of urea groups is 1. The molecule has 0 aromatic carbocycles. The summed E-state index contributed by atoms with van der Waals surface area (Å²) in [5, 5.41) is 43.3. The Morgan fingerprint density at radius 1 is 1.32 bits per heavy atom. The molecular formula is C22H30N6O9S. The van der Waals surface area contributed by atoms with Crippen molar-refractivity contribution < 1.29 is 39.0 Å². The van der Waals surface area contributed by atoms with Crippen LogP contribution in [0.3, 0.4) is 0 Å². The van der Waals surface area contributed by atoms with Gasteiger partial charge in [0.15, 0.2) is 0 Å². The largest absolute Gasteiger partial charge is 0.446 e. The first-order valence-corrected chi connectivity index (χ1v) is 13.2. The van der Waals surface area contributed by atoms with Gasteiger partial charge in [-0.15, -0.1) is 0 Å². The predicted octanol–water partition coefficient (Wildman–Crippen LogP) is -1.23. The van der Waals surface area contributed by atoms with Crippen LogP contribution >= 0.6 is 11.8 Å². The number of aliphatic hydroxyl groups excluding tert-OH is 2. The first-order chi connectivity index (χ1) is 18.1. The number of nitrogens with zero attached hydrogens (tertiary/aromatic N) is 2. The molecule has 0 spiro atoms. The van der Waals surface area contributed by atoms with Gasteiger partial charge in [-0.1, -0.05) is 0 Å². The monoisotopic (exact) mass is 554 g/mol. The number of pyridine rings is 1. The number of hydrogen-bond donors (Lipinski definition) is 6. The second-order valence-electron chi connectivity index (χ2n) is 9.30. The van der Waals surface area contributed by atoms with E-state index in [2.05, 4.69) is 26.3 Å². The molecule has 0 aliphatic carbocycles. The van der Waals surface area contributed by atoms with Crippen LogP contribution in [0.2, 0.25) is 0 Å². The Kier molecular flexibility index (Phi) is 8.86. The van der Waals surface area contributed by atoms with Gasteiger partial charge in [-0.2, -0.15) is 11.8 Å². The molecule has 3 aliphatic heterocycles. The van der Waals surface area contributed by atoms with Crippen molar-refractivity contribution in [1.29, 1.82) is 0 Å². The van der Waals surface area contributed by atoms with Gasteiger partial charge in [-0.3, -0.25) is 19.7 Å². The van der Waals surface area contributed by atoms with Crippen LogP contribution in [0.25, 0.3) is 0 Å². The minimum Gasteiger partial charge on any atom is -0.446 e. The predicted molar refractivity (Wildman–Crippen MR) is 132 cm³/mol. The third kappa shape index (κ3) is 6.61. The lowest BCUT2D eigenvalue weighted by atomic mass is 9.96. The summed E-state index contributed by atoms with van der Waals surface area (Å²) < 4.78 is 11.4. The van der Waals surface area contributed by atoms with Crippen molar-refractivity contribution in [3.63, 3.8) is 0 Å². The van der Waals surface area contributed by atoms with Gasteiger partial charge >= 0.3 is 6.03 Å². The molecule has 4 rings (SSSR count). The fourth-order valence-corrected chi connectivity index (χ4v) is 6.21. The van der Waals surface area contributed by atoms with Crippen LogP contribution in [0.1, 0.15) is 26.2 Å². The molecule has 3 saturated heterocycles. The van der Waals surface area contributed by atoms with Gasteiger partial charge in [0.05, 0.1) is 17.0 Å². The summed E-state index contributed by atoms with van der Waals surface area (Å²) in [5.41, 5.74) is -0.257. The van der Waals surface area contributed by atoms with E-state index in [0.717, 1.165) is 18.4 Å². The van der Waals surface area contributed by atoms with Gasteiger partial charge < -0.3 is 41.0 Å². The highest BCUT2D eigenvalue weighted by molar-refractivity contribution is 8.00. The van der Waals surface area contributed by atoms with Crippen molar-refractivity contribution in [2.24, 2.45) is 0 Å². The molecule has 38 heavy (non-hydrogen) atoms. The Morgan fingerprint density at radius 3 is 2.79 bits per heavy atom. The SMILES string of the molecule is CC(=O)NC1[C@H](Oc2ccc([N+](=O)[O-])cn2)OC(CNC(=O)CCC[C@@H]2SC[C@@H]3NC(=O)N[C@@H]32)[C@@H](O)[C@@H]1O. The molecule has 15 nitrogen and oxygen atoms in total. The molecule has 1 aromatic heterocycles. The Labute approximate surface area is 221 Å². The number of carbonyl (C=O) groups is 3. The first-order valence-electron chi connectivity index (χ1n) is 12.1. The number of hydrogen-bond acceptors (Lipinski definition) is 11. The highest BCUT2D eigenvalue weighted by Gasteiger charge is 2.46. The van der Waals surface area contributed by atoms with Crippen molar-refractivity contribution in [2.45, 2.75) is 74.2 Å². The van der Waals surface area contributed by atoms with Gasteiger partial charge in [0.1, 0.15) is 30.6 Å². The molecule has 0 radical (unpaired) electrons. The van der Waals surface area contributed by atoms with E-state index in [-0.39, 0.29) is 53.8 Å². The van der Waals surface area contributed by atoms with Gasteiger partial charge in [0.2, 0.25) is 24.0 Å². The fourth-order valence-electron chi connectivity index (χ4n) is 4.67. The second kappa shape index (κ2) is 12.1. The smallest absolute Gasteiger partial charge is 0.315 e. The molecule has 8 atom stereocenters. The van der Waals surface area contributed by atoms with Crippen LogP contribution in [-0.4, -0.2) is 98.2 Å². The molecule has 1 aromatic rings. The van der Waals surface area contributed by atoms with Crippen molar-refractivity contribution >= 4 is 35.3 Å². The zero-order valence-corrected chi connectivity index (χ0v) is 21.3. The summed E-state index contributed by atoms with van der Waals surface area (Å²) in [6, 6.07) is 1.23. The molecule has 3 aliphatic rings. The minimum atomic E-state index is -1.50. The molecule has 208 valence electrons. The van der Waals surface area contributed by atoms with Crippen LogP contribution in [0.15, 0.2) is 18.3 Å². The third-order valence-electron chi connectivity index (χ3n) is 6.57. The molecule has 4 amide bonds. The summed E-state index contributed by atoms with van der Waals surface area (Å²) in [6.07, 6.45) is -2.79. The normalized spacial score (nSPS) is 32.0. The average molecular weight is 555 g/mol. The quantitative estimate of drug-likeness (QED) is 0.114. The van der Waals surface area contributed by atoms with E-state index in [0.29, 0.717) is 6.42 Å². The van der Waals surface area contributed by atoms with E-state index in [1.54, 1.807) is 11.8 Å². The van der Waals surface area contributed by atoms with E-state index in [4.69, 9.17) is 9.47 Å². The molecular weight excluding hydrogens is 524 g/mol. The molecule has 0 bridgehead atoms. The number of nitro groups is 1. The highest BCUT2D eigenvalue weighted by Crippen LogP contribution is 2.33. The van der Waals surface area contributed by atoms with Crippen LogP contribution in [0, 0.1) is 10.1 Å². The summed E-state index contributed by atoms with van der Waals surface area (Å²) in [7, 11) is 0. The lowest BCUT2D eigenvalue weighted by Gasteiger charge is -2.42. The molecule has 2 unspecified atom stereocenters. The Balaban J connectivity index is 1.30. The van der Waals surface area contributed by atoms with Crippen molar-refractivity contribution in [3.05, 3.63) is 28.4 Å². The fraction of sp³-hybridized carbons (Fsp3) is 0.636. The molecule has 6 N–H and O–H groups in total. The number of rotatable bonds is 10. The van der Waals surface area contributed by atoms with E-state index in [1.807, 2.05) is 0 Å². The molecule has 0 saturated carbocycles. The number of carbonyl (C=O) groups excluding carboxylic acids is 3. The number of amides is 4. The van der Waals surface area contributed by atoms with Crippen LogP contribution in [-0.2, 0) is 14.3 Å². The summed E-state index contributed by atoms with van der Waals surface area (Å²) in [6.45, 7) is 1.08.